The van der Waals surface area contributed by atoms with Crippen LogP contribution in [0.5, 0.6) is 0 Å². The minimum absolute atomic E-state index is 0.0145. The van der Waals surface area contributed by atoms with Crippen molar-refractivity contribution in [2.75, 3.05) is 0 Å². The van der Waals surface area contributed by atoms with E-state index in [0.29, 0.717) is 5.92 Å². The Labute approximate surface area is 122 Å². The van der Waals surface area contributed by atoms with Crippen LogP contribution < -0.4 is 5.32 Å². The molecule has 108 valence electrons. The predicted octanol–water partition coefficient (Wildman–Crippen LogP) is 3.56. The zero-order valence-corrected chi connectivity index (χ0v) is 12.0. The minimum Gasteiger partial charge on any atom is -0.349 e. The van der Waals surface area contributed by atoms with Crippen molar-refractivity contribution in [3.8, 4) is 0 Å². The van der Waals surface area contributed by atoms with Gasteiger partial charge < -0.3 is 5.32 Å². The van der Waals surface area contributed by atoms with Crippen molar-refractivity contribution in [3.05, 3.63) is 38.9 Å². The summed E-state index contributed by atoms with van der Waals surface area (Å²) in [6, 6.07) is 4.48. The molecule has 6 heteroatoms. The number of nitrogens with zero attached hydrogens (tertiary/aromatic N) is 1. The van der Waals surface area contributed by atoms with Crippen LogP contribution in [0.1, 0.15) is 43.0 Å². The van der Waals surface area contributed by atoms with Gasteiger partial charge in [-0.1, -0.05) is 37.4 Å². The van der Waals surface area contributed by atoms with Gasteiger partial charge >= 0.3 is 5.69 Å². The molecule has 0 aliphatic heterocycles. The molecule has 1 aromatic carbocycles. The predicted molar refractivity (Wildman–Crippen MR) is 77.0 cm³/mol. The molecule has 2 unspecified atom stereocenters. The first-order chi connectivity index (χ1) is 9.50. The molecule has 0 spiro atoms. The van der Waals surface area contributed by atoms with Crippen LogP contribution in [0.15, 0.2) is 18.2 Å². The van der Waals surface area contributed by atoms with E-state index in [4.69, 9.17) is 11.6 Å². The largest absolute Gasteiger partial charge is 0.349 e. The second-order valence-electron chi connectivity index (χ2n) is 5.23. The van der Waals surface area contributed by atoms with Gasteiger partial charge in [0, 0.05) is 6.04 Å². The van der Waals surface area contributed by atoms with E-state index in [-0.39, 0.29) is 22.3 Å². The summed E-state index contributed by atoms with van der Waals surface area (Å²) in [5.74, 6) is -0.0242. The number of para-hydroxylation sites is 1. The number of rotatable bonds is 3. The molecule has 2 rings (SSSR count). The second-order valence-corrected chi connectivity index (χ2v) is 5.64. The van der Waals surface area contributed by atoms with Crippen LogP contribution in [0.3, 0.4) is 0 Å². The van der Waals surface area contributed by atoms with Crippen molar-refractivity contribution < 1.29 is 9.72 Å². The fourth-order valence-corrected chi connectivity index (χ4v) is 2.90. The van der Waals surface area contributed by atoms with Gasteiger partial charge in [-0.05, 0) is 30.9 Å². The maximum absolute atomic E-state index is 12.3. The van der Waals surface area contributed by atoms with E-state index in [1.807, 2.05) is 0 Å². The van der Waals surface area contributed by atoms with E-state index in [1.165, 1.54) is 18.6 Å². The molecule has 5 nitrogen and oxygen atoms in total. The van der Waals surface area contributed by atoms with Crippen molar-refractivity contribution >= 4 is 23.2 Å². The molecule has 1 fully saturated rings. The standard InChI is InChI=1S/C14H17ClN2O3/c1-9-5-2-3-8-12(9)16-14(18)10-6-4-7-11(15)13(10)17(19)20/h4,6-7,9,12H,2-3,5,8H2,1H3,(H,16,18). The highest BCUT2D eigenvalue weighted by Crippen LogP contribution is 2.29. The van der Waals surface area contributed by atoms with E-state index in [1.54, 1.807) is 6.07 Å². The third kappa shape index (κ3) is 3.10. The number of carbonyl (C=O) groups excluding carboxylic acids is 1. The smallest absolute Gasteiger partial charge is 0.300 e. The molecule has 0 heterocycles. The van der Waals surface area contributed by atoms with Crippen LogP contribution in [0.4, 0.5) is 5.69 Å². The summed E-state index contributed by atoms with van der Waals surface area (Å²) in [7, 11) is 0. The molecule has 2 atom stereocenters. The topological polar surface area (TPSA) is 72.2 Å². The Balaban J connectivity index is 2.21. The zero-order valence-electron chi connectivity index (χ0n) is 11.3. The van der Waals surface area contributed by atoms with Crippen LogP contribution in [0.25, 0.3) is 0 Å². The minimum atomic E-state index is -0.610. The van der Waals surface area contributed by atoms with Gasteiger partial charge in [-0.3, -0.25) is 14.9 Å². The van der Waals surface area contributed by atoms with Crippen molar-refractivity contribution in [2.24, 2.45) is 5.92 Å². The molecule has 0 aromatic heterocycles. The molecule has 1 amide bonds. The van der Waals surface area contributed by atoms with Crippen molar-refractivity contribution in [1.82, 2.24) is 5.32 Å². The number of nitrogens with one attached hydrogen (secondary N) is 1. The van der Waals surface area contributed by atoms with E-state index in [9.17, 15) is 14.9 Å². The summed E-state index contributed by atoms with van der Waals surface area (Å²) >= 11 is 5.82. The first-order valence-electron chi connectivity index (χ1n) is 6.74. The lowest BCUT2D eigenvalue weighted by atomic mass is 9.86. The lowest BCUT2D eigenvalue weighted by Gasteiger charge is -2.29. The Morgan fingerprint density at radius 3 is 2.75 bits per heavy atom. The molecule has 0 radical (unpaired) electrons. The van der Waals surface area contributed by atoms with Gasteiger partial charge in [0.05, 0.1) is 4.92 Å². The van der Waals surface area contributed by atoms with E-state index in [0.717, 1.165) is 19.3 Å². The molecular formula is C14H17ClN2O3. The summed E-state index contributed by atoms with van der Waals surface area (Å²) in [4.78, 5) is 22.7. The number of amides is 1. The number of nitro groups is 1. The van der Waals surface area contributed by atoms with Gasteiger partial charge in [0.15, 0.2) is 0 Å². The normalized spacial score (nSPS) is 22.3. The molecule has 1 aliphatic carbocycles. The van der Waals surface area contributed by atoms with Crippen molar-refractivity contribution in [3.63, 3.8) is 0 Å². The number of benzene rings is 1. The third-order valence-corrected chi connectivity index (χ3v) is 4.15. The Morgan fingerprint density at radius 1 is 1.40 bits per heavy atom. The Morgan fingerprint density at radius 2 is 2.10 bits per heavy atom. The summed E-state index contributed by atoms with van der Waals surface area (Å²) in [5, 5.41) is 13.9. The van der Waals surface area contributed by atoms with Crippen molar-refractivity contribution in [1.29, 1.82) is 0 Å². The van der Waals surface area contributed by atoms with E-state index >= 15 is 0 Å². The monoisotopic (exact) mass is 296 g/mol. The Hall–Kier alpha value is -1.62. The lowest BCUT2D eigenvalue weighted by Crippen LogP contribution is -2.41. The quantitative estimate of drug-likeness (QED) is 0.684. The van der Waals surface area contributed by atoms with E-state index in [2.05, 4.69) is 12.2 Å². The summed E-state index contributed by atoms with van der Waals surface area (Å²) < 4.78 is 0. The summed E-state index contributed by atoms with van der Waals surface area (Å²) in [6.45, 7) is 2.09. The van der Waals surface area contributed by atoms with Gasteiger partial charge in [0.25, 0.3) is 5.91 Å². The number of halogens is 1. The average molecular weight is 297 g/mol. The maximum Gasteiger partial charge on any atom is 0.300 e. The first kappa shape index (κ1) is 14.8. The van der Waals surface area contributed by atoms with Crippen molar-refractivity contribution in [2.45, 2.75) is 38.6 Å². The number of hydrogen-bond acceptors (Lipinski definition) is 3. The Bertz CT molecular complexity index is 533. The van der Waals surface area contributed by atoms with Crippen LogP contribution in [0.2, 0.25) is 5.02 Å². The number of carbonyl (C=O) groups is 1. The second kappa shape index (κ2) is 6.22. The van der Waals surface area contributed by atoms with Crippen LogP contribution in [-0.2, 0) is 0 Å². The van der Waals surface area contributed by atoms with Crippen LogP contribution >= 0.6 is 11.6 Å². The van der Waals surface area contributed by atoms with Gasteiger partial charge in [-0.25, -0.2) is 0 Å². The molecule has 0 saturated heterocycles. The fourth-order valence-electron chi connectivity index (χ4n) is 2.66. The SMILES string of the molecule is CC1CCCCC1NC(=O)c1cccc(Cl)c1[N+](=O)[O-]. The molecule has 1 N–H and O–H groups in total. The fraction of sp³-hybridized carbons (Fsp3) is 0.500. The number of hydrogen-bond donors (Lipinski definition) is 1. The van der Waals surface area contributed by atoms with Gasteiger partial charge in [0.1, 0.15) is 10.6 Å². The average Bonchev–Trinajstić information content (AvgIpc) is 2.40. The molecule has 1 aliphatic rings. The Kier molecular flexibility index (Phi) is 4.60. The van der Waals surface area contributed by atoms with Gasteiger partial charge in [-0.15, -0.1) is 0 Å². The van der Waals surface area contributed by atoms with E-state index < -0.39 is 10.8 Å². The third-order valence-electron chi connectivity index (χ3n) is 3.84. The summed E-state index contributed by atoms with van der Waals surface area (Å²) in [5.41, 5.74) is -0.296. The molecular weight excluding hydrogens is 280 g/mol. The lowest BCUT2D eigenvalue weighted by molar-refractivity contribution is -0.385. The number of nitro benzene ring substituents is 1. The highest BCUT2D eigenvalue weighted by molar-refractivity contribution is 6.33. The molecule has 1 saturated carbocycles. The molecule has 1 aromatic rings. The van der Waals surface area contributed by atoms with Crippen LogP contribution in [0, 0.1) is 16.0 Å². The highest BCUT2D eigenvalue weighted by Gasteiger charge is 2.28. The molecule has 0 bridgehead atoms. The zero-order chi connectivity index (χ0) is 14.7. The van der Waals surface area contributed by atoms with Gasteiger partial charge in [0.2, 0.25) is 0 Å². The maximum atomic E-state index is 12.3. The van der Waals surface area contributed by atoms with Gasteiger partial charge in [-0.2, -0.15) is 0 Å². The first-order valence-corrected chi connectivity index (χ1v) is 7.12. The van der Waals surface area contributed by atoms with Crippen LogP contribution in [-0.4, -0.2) is 16.9 Å². The summed E-state index contributed by atoms with van der Waals surface area (Å²) in [6.07, 6.45) is 4.24. The molecule has 20 heavy (non-hydrogen) atoms. The highest BCUT2D eigenvalue weighted by atomic mass is 35.5.